The quantitative estimate of drug-likeness (QED) is 0.925. The Kier molecular flexibility index (Phi) is 6.06. The van der Waals surface area contributed by atoms with Crippen molar-refractivity contribution in [2.45, 2.75) is 32.4 Å². The molecule has 0 saturated carbocycles. The fourth-order valence-electron chi connectivity index (χ4n) is 3.77. The van der Waals surface area contributed by atoms with E-state index in [1.807, 2.05) is 0 Å². The molecule has 0 aromatic heterocycles. The minimum absolute atomic E-state index is 0. The van der Waals surface area contributed by atoms with Crippen LogP contribution in [0.15, 0.2) is 24.3 Å². The maximum Gasteiger partial charge on any atom is 0.0713 e. The molecular weight excluding hydrogens is 284 g/mol. The Morgan fingerprint density at radius 3 is 2.71 bits per heavy atom. The average Bonchev–Trinajstić information content (AvgIpc) is 2.83. The van der Waals surface area contributed by atoms with Crippen molar-refractivity contribution in [2.75, 3.05) is 33.3 Å². The summed E-state index contributed by atoms with van der Waals surface area (Å²) in [4.78, 5) is 2.64. The van der Waals surface area contributed by atoms with Gasteiger partial charge in [0.15, 0.2) is 0 Å². The van der Waals surface area contributed by atoms with Crippen LogP contribution in [0.4, 0.5) is 0 Å². The number of nitrogens with zero attached hydrogens (tertiary/aromatic N) is 1. The number of hydrogen-bond donors (Lipinski definition) is 1. The molecule has 21 heavy (non-hydrogen) atoms. The van der Waals surface area contributed by atoms with Gasteiger partial charge in [-0.05, 0) is 55.4 Å². The Bertz CT molecular complexity index is 446. The van der Waals surface area contributed by atoms with Gasteiger partial charge in [-0.3, -0.25) is 4.90 Å². The van der Waals surface area contributed by atoms with Gasteiger partial charge < -0.3 is 10.1 Å². The third-order valence-corrected chi connectivity index (χ3v) is 4.89. The summed E-state index contributed by atoms with van der Waals surface area (Å²) >= 11 is 0. The molecule has 3 nitrogen and oxygen atoms in total. The maximum absolute atomic E-state index is 5.22. The second-order valence-electron chi connectivity index (χ2n) is 6.46. The van der Waals surface area contributed by atoms with Crippen LogP contribution < -0.4 is 5.32 Å². The maximum atomic E-state index is 5.22. The molecule has 0 atom stereocenters. The van der Waals surface area contributed by atoms with E-state index < -0.39 is 0 Å². The van der Waals surface area contributed by atoms with E-state index in [1.54, 1.807) is 7.11 Å². The predicted molar refractivity (Wildman–Crippen MR) is 88.8 cm³/mol. The van der Waals surface area contributed by atoms with Crippen molar-refractivity contribution >= 4 is 12.4 Å². The lowest BCUT2D eigenvalue weighted by atomic mass is 9.78. The molecule has 4 heteroatoms. The Morgan fingerprint density at radius 1 is 1.19 bits per heavy atom. The van der Waals surface area contributed by atoms with Crippen LogP contribution in [-0.4, -0.2) is 38.2 Å². The largest absolute Gasteiger partial charge is 0.380 e. The minimum atomic E-state index is 0. The van der Waals surface area contributed by atoms with Crippen LogP contribution in [0.3, 0.4) is 0 Å². The fraction of sp³-hybridized carbons (Fsp3) is 0.647. The van der Waals surface area contributed by atoms with E-state index in [2.05, 4.69) is 34.5 Å². The first kappa shape index (κ1) is 16.8. The first-order valence-corrected chi connectivity index (χ1v) is 7.80. The molecule has 2 fully saturated rings. The van der Waals surface area contributed by atoms with Gasteiger partial charge in [-0.25, -0.2) is 0 Å². The Morgan fingerprint density at radius 2 is 1.95 bits per heavy atom. The Balaban J connectivity index is 0.00000161. The SMILES string of the molecule is COCc1cccc(CN2CCC3(CCNCC3)C2)c1.Cl. The zero-order valence-electron chi connectivity index (χ0n) is 12.9. The predicted octanol–water partition coefficient (Wildman–Crippen LogP) is 2.83. The smallest absolute Gasteiger partial charge is 0.0713 e. The second kappa shape index (κ2) is 7.59. The van der Waals surface area contributed by atoms with E-state index in [9.17, 15) is 0 Å². The molecule has 0 amide bonds. The van der Waals surface area contributed by atoms with Crippen LogP contribution >= 0.6 is 12.4 Å². The van der Waals surface area contributed by atoms with Gasteiger partial charge >= 0.3 is 0 Å². The highest BCUT2D eigenvalue weighted by molar-refractivity contribution is 5.85. The molecule has 2 saturated heterocycles. The zero-order valence-corrected chi connectivity index (χ0v) is 13.8. The van der Waals surface area contributed by atoms with Gasteiger partial charge in [-0.1, -0.05) is 24.3 Å². The standard InChI is InChI=1S/C17H26N2O.ClH/c1-20-13-16-4-2-3-15(11-16)12-19-10-7-17(14-19)5-8-18-9-6-17;/h2-4,11,18H,5-10,12-14H2,1H3;1H. The highest BCUT2D eigenvalue weighted by Gasteiger charge is 2.38. The third kappa shape index (κ3) is 4.19. The van der Waals surface area contributed by atoms with Gasteiger partial charge in [0.1, 0.15) is 0 Å². The lowest BCUT2D eigenvalue weighted by Crippen LogP contribution is -2.38. The van der Waals surface area contributed by atoms with E-state index in [1.165, 1.54) is 56.6 Å². The number of hydrogen-bond acceptors (Lipinski definition) is 3. The van der Waals surface area contributed by atoms with Crippen LogP contribution in [-0.2, 0) is 17.9 Å². The van der Waals surface area contributed by atoms with Crippen LogP contribution in [0.2, 0.25) is 0 Å². The molecule has 0 radical (unpaired) electrons. The topological polar surface area (TPSA) is 24.5 Å². The van der Waals surface area contributed by atoms with E-state index >= 15 is 0 Å². The molecule has 1 aromatic rings. The van der Waals surface area contributed by atoms with Crippen molar-refractivity contribution in [3.05, 3.63) is 35.4 Å². The lowest BCUT2D eigenvalue weighted by Gasteiger charge is -2.34. The van der Waals surface area contributed by atoms with Gasteiger partial charge in [0.25, 0.3) is 0 Å². The van der Waals surface area contributed by atoms with Crippen molar-refractivity contribution in [1.82, 2.24) is 10.2 Å². The third-order valence-electron chi connectivity index (χ3n) is 4.89. The number of ether oxygens (including phenoxy) is 1. The molecule has 1 N–H and O–H groups in total. The fourth-order valence-corrected chi connectivity index (χ4v) is 3.77. The first-order valence-electron chi connectivity index (χ1n) is 7.80. The molecule has 0 unspecified atom stereocenters. The minimum Gasteiger partial charge on any atom is -0.380 e. The van der Waals surface area contributed by atoms with Crippen molar-refractivity contribution in [2.24, 2.45) is 5.41 Å². The van der Waals surface area contributed by atoms with Gasteiger partial charge in [-0.2, -0.15) is 0 Å². The summed E-state index contributed by atoms with van der Waals surface area (Å²) in [6.45, 7) is 6.75. The van der Waals surface area contributed by atoms with Crippen LogP contribution in [0, 0.1) is 5.41 Å². The molecule has 118 valence electrons. The number of rotatable bonds is 4. The van der Waals surface area contributed by atoms with E-state index in [0.717, 1.165) is 6.54 Å². The molecule has 2 aliphatic rings. The van der Waals surface area contributed by atoms with Crippen LogP contribution in [0.5, 0.6) is 0 Å². The summed E-state index contributed by atoms with van der Waals surface area (Å²) in [6, 6.07) is 8.83. The number of piperidine rings is 1. The highest BCUT2D eigenvalue weighted by atomic mass is 35.5. The van der Waals surface area contributed by atoms with E-state index in [4.69, 9.17) is 4.74 Å². The average molecular weight is 311 g/mol. The van der Waals surface area contributed by atoms with Crippen molar-refractivity contribution in [3.63, 3.8) is 0 Å². The van der Waals surface area contributed by atoms with Crippen LogP contribution in [0.25, 0.3) is 0 Å². The number of likely N-dealkylation sites (tertiary alicyclic amines) is 1. The van der Waals surface area contributed by atoms with Gasteiger partial charge in [-0.15, -0.1) is 12.4 Å². The first-order chi connectivity index (χ1) is 9.80. The van der Waals surface area contributed by atoms with E-state index in [-0.39, 0.29) is 12.4 Å². The zero-order chi connectivity index (χ0) is 13.8. The van der Waals surface area contributed by atoms with E-state index in [0.29, 0.717) is 12.0 Å². The summed E-state index contributed by atoms with van der Waals surface area (Å²) in [7, 11) is 1.76. The molecule has 3 rings (SSSR count). The highest BCUT2D eigenvalue weighted by Crippen LogP contribution is 2.38. The second-order valence-corrected chi connectivity index (χ2v) is 6.46. The Hall–Kier alpha value is -0.610. The lowest BCUT2D eigenvalue weighted by molar-refractivity contribution is 0.184. The van der Waals surface area contributed by atoms with Gasteiger partial charge in [0.2, 0.25) is 0 Å². The number of halogens is 1. The Labute approximate surface area is 134 Å². The number of benzene rings is 1. The molecule has 1 aromatic carbocycles. The van der Waals surface area contributed by atoms with Gasteiger partial charge in [0.05, 0.1) is 6.61 Å². The summed E-state index contributed by atoms with van der Waals surface area (Å²) in [5, 5.41) is 3.49. The van der Waals surface area contributed by atoms with Crippen molar-refractivity contribution in [1.29, 1.82) is 0 Å². The number of nitrogens with one attached hydrogen (secondary N) is 1. The molecule has 1 spiro atoms. The van der Waals surface area contributed by atoms with Crippen LogP contribution in [0.1, 0.15) is 30.4 Å². The summed E-state index contributed by atoms with van der Waals surface area (Å²) in [5.74, 6) is 0. The molecule has 0 bridgehead atoms. The molecular formula is C17H27ClN2O. The number of methoxy groups -OCH3 is 1. The summed E-state index contributed by atoms with van der Waals surface area (Å²) in [5.41, 5.74) is 3.31. The van der Waals surface area contributed by atoms with Gasteiger partial charge in [0, 0.05) is 20.2 Å². The molecule has 2 heterocycles. The normalized spacial score (nSPS) is 21.4. The summed E-state index contributed by atoms with van der Waals surface area (Å²) < 4.78 is 5.22. The van der Waals surface area contributed by atoms with Crippen molar-refractivity contribution in [3.8, 4) is 0 Å². The monoisotopic (exact) mass is 310 g/mol. The molecule has 2 aliphatic heterocycles. The van der Waals surface area contributed by atoms with Crippen molar-refractivity contribution < 1.29 is 4.74 Å². The summed E-state index contributed by atoms with van der Waals surface area (Å²) in [6.07, 6.45) is 4.09. The molecule has 0 aliphatic carbocycles.